The molecule has 0 unspecified atom stereocenters. The summed E-state index contributed by atoms with van der Waals surface area (Å²) in [7, 11) is 1.48. The molecule has 4 bridgehead atoms. The number of phenolic OH excluding ortho intramolecular Hbond substituents is 2. The number of nitrogens with zero attached hydrogens (tertiary/aromatic N) is 2. The Balaban J connectivity index is 1.50. The first kappa shape index (κ1) is 43.3. The zero-order valence-electron chi connectivity index (χ0n) is 32.9. The normalized spacial score (nSPS) is 17.9. The Labute approximate surface area is 343 Å². The molecule has 2 amide bonds. The highest BCUT2D eigenvalue weighted by Crippen LogP contribution is 2.40. The molecule has 5 rings (SSSR count). The van der Waals surface area contributed by atoms with Gasteiger partial charge in [-0.1, -0.05) is 73.5 Å². The maximum atomic E-state index is 14.6. The van der Waals surface area contributed by atoms with Crippen molar-refractivity contribution in [1.82, 2.24) is 10.2 Å². The maximum Gasteiger partial charge on any atom is 0.226 e. The predicted octanol–water partition coefficient (Wildman–Crippen LogP) is 7.36. The third kappa shape index (κ3) is 10.6. The molecule has 4 aromatic carbocycles. The lowest BCUT2D eigenvalue weighted by molar-refractivity contribution is -0.142. The van der Waals surface area contributed by atoms with Gasteiger partial charge >= 0.3 is 0 Å². The summed E-state index contributed by atoms with van der Waals surface area (Å²) in [5.41, 5.74) is 9.32. The van der Waals surface area contributed by atoms with Crippen LogP contribution in [0.1, 0.15) is 79.9 Å². The number of hydrogen-bond acceptors (Lipinski definition) is 9. The number of unbranched alkanes of at least 4 members (excludes halogenated alkanes) is 1. The molecule has 5 N–H and O–H groups in total. The Morgan fingerprint density at radius 2 is 1.52 bits per heavy atom. The van der Waals surface area contributed by atoms with Gasteiger partial charge in [-0.25, -0.2) is 0 Å². The minimum absolute atomic E-state index is 0.0355. The number of Topliss-reactive ketones (excluding diaryl/α,β-unsaturated/α-hetero) is 3. The van der Waals surface area contributed by atoms with E-state index in [0.717, 1.165) is 11.1 Å². The number of aromatic hydroxyl groups is 2. The number of halogens is 1. The van der Waals surface area contributed by atoms with Gasteiger partial charge in [-0.15, -0.1) is 0 Å². The van der Waals surface area contributed by atoms with Crippen molar-refractivity contribution in [2.45, 2.75) is 70.9 Å². The molecule has 1 heterocycles. The molecule has 0 spiro atoms. The second kappa shape index (κ2) is 19.5. The van der Waals surface area contributed by atoms with E-state index in [1.165, 1.54) is 36.2 Å². The Morgan fingerprint density at radius 3 is 2.16 bits per heavy atom. The van der Waals surface area contributed by atoms with Gasteiger partial charge in [-0.3, -0.25) is 24.0 Å². The first-order valence-corrected chi connectivity index (χ1v) is 19.8. The first-order valence-electron chi connectivity index (χ1n) is 19.5. The number of amides is 2. The molecule has 0 radical (unpaired) electrons. The molecule has 5 atom stereocenters. The molecular weight excluding hydrogens is 756 g/mol. The van der Waals surface area contributed by atoms with Gasteiger partial charge in [-0.2, -0.15) is 5.26 Å². The zero-order chi connectivity index (χ0) is 42.1. The smallest absolute Gasteiger partial charge is 0.226 e. The third-order valence-electron chi connectivity index (χ3n) is 10.7. The maximum absolute atomic E-state index is 14.6. The summed E-state index contributed by atoms with van der Waals surface area (Å²) in [6.45, 7) is 3.56. The van der Waals surface area contributed by atoms with Crippen LogP contribution in [0.2, 0.25) is 5.02 Å². The summed E-state index contributed by atoms with van der Waals surface area (Å²) in [5.74, 6) is -4.86. The number of nitrogens with two attached hydrogens (primary N) is 1. The molecule has 302 valence electrons. The average Bonchev–Trinajstić information content (AvgIpc) is 3.21. The topological polar surface area (TPSA) is 191 Å². The van der Waals surface area contributed by atoms with Gasteiger partial charge in [-0.05, 0) is 91.4 Å². The van der Waals surface area contributed by atoms with Crippen LogP contribution >= 0.6 is 11.6 Å². The van der Waals surface area contributed by atoms with Gasteiger partial charge in [0.15, 0.2) is 17.3 Å². The van der Waals surface area contributed by atoms with E-state index in [1.807, 2.05) is 30.3 Å². The van der Waals surface area contributed by atoms with Crippen LogP contribution in [0, 0.1) is 29.1 Å². The summed E-state index contributed by atoms with van der Waals surface area (Å²) >= 11 is 6.05. The van der Waals surface area contributed by atoms with Crippen molar-refractivity contribution >= 4 is 40.8 Å². The minimum Gasteiger partial charge on any atom is -0.507 e. The molecule has 0 aromatic heterocycles. The number of benzene rings is 4. The largest absolute Gasteiger partial charge is 0.507 e. The van der Waals surface area contributed by atoms with Crippen molar-refractivity contribution < 1.29 is 34.2 Å². The molecule has 0 saturated carbocycles. The van der Waals surface area contributed by atoms with E-state index in [1.54, 1.807) is 50.2 Å². The van der Waals surface area contributed by atoms with Gasteiger partial charge in [0, 0.05) is 59.9 Å². The van der Waals surface area contributed by atoms with Crippen LogP contribution in [0.5, 0.6) is 11.5 Å². The van der Waals surface area contributed by atoms with E-state index in [2.05, 4.69) is 5.32 Å². The van der Waals surface area contributed by atoms with Gasteiger partial charge in [0.05, 0.1) is 18.0 Å². The van der Waals surface area contributed by atoms with Gasteiger partial charge in [0.25, 0.3) is 0 Å². The van der Waals surface area contributed by atoms with E-state index in [4.69, 9.17) is 17.3 Å². The van der Waals surface area contributed by atoms with E-state index in [9.17, 15) is 39.4 Å². The second-order valence-corrected chi connectivity index (χ2v) is 15.6. The quantitative estimate of drug-likeness (QED) is 0.0790. The van der Waals surface area contributed by atoms with Crippen LogP contribution in [0.15, 0.2) is 84.9 Å². The second-order valence-electron chi connectivity index (χ2n) is 15.2. The van der Waals surface area contributed by atoms with Crippen molar-refractivity contribution in [3.8, 4) is 39.8 Å². The Kier molecular flexibility index (Phi) is 14.6. The van der Waals surface area contributed by atoms with Crippen molar-refractivity contribution in [1.29, 1.82) is 5.26 Å². The average molecular weight is 805 g/mol. The lowest BCUT2D eigenvalue weighted by Crippen LogP contribution is -2.46. The highest BCUT2D eigenvalue weighted by Gasteiger charge is 2.36. The minimum atomic E-state index is -1.25. The molecule has 11 nitrogen and oxygen atoms in total. The molecule has 4 aromatic rings. The van der Waals surface area contributed by atoms with E-state index < -0.39 is 47.4 Å². The summed E-state index contributed by atoms with van der Waals surface area (Å²) in [6.07, 6.45) is 0.994. The molecule has 12 heteroatoms. The summed E-state index contributed by atoms with van der Waals surface area (Å²) in [4.78, 5) is 71.1. The number of carbonyl (C=O) groups excluding carboxylic acids is 5. The molecule has 1 aliphatic rings. The van der Waals surface area contributed by atoms with Crippen molar-refractivity contribution in [2.75, 3.05) is 13.6 Å². The molecule has 0 fully saturated rings. The lowest BCUT2D eigenvalue weighted by atomic mass is 9.87. The van der Waals surface area contributed by atoms with E-state index in [0.29, 0.717) is 47.5 Å². The summed E-state index contributed by atoms with van der Waals surface area (Å²) in [5, 5.41) is 34.9. The fraction of sp³-hybridized carbons (Fsp3) is 0.348. The first-order chi connectivity index (χ1) is 27.7. The molecule has 58 heavy (non-hydrogen) atoms. The zero-order valence-corrected chi connectivity index (χ0v) is 33.7. The van der Waals surface area contributed by atoms with Gasteiger partial charge < -0.3 is 26.2 Å². The van der Waals surface area contributed by atoms with Crippen molar-refractivity contribution in [2.24, 2.45) is 23.5 Å². The van der Waals surface area contributed by atoms with Crippen LogP contribution in [0.25, 0.3) is 22.3 Å². The van der Waals surface area contributed by atoms with Crippen LogP contribution in [-0.2, 0) is 25.6 Å². The number of likely N-dealkylation sites (N-methyl/N-ethyl adjacent to an activating group) is 1. The predicted molar refractivity (Wildman–Crippen MR) is 222 cm³/mol. The standard InChI is InChI=1S/C46H49ClN4O7/c1-27(26-49)20-42(55)38-23-29-7-17-39(52)36(22-29)37-24-33(14-18-40(37)53)44(43(56)21-28(2)45(57)50-38)51(3)46(58)34(6-4-5-19-48)25-41(54)32-10-8-30(9-11-32)31-12-15-35(47)16-13-31/h7-18,22,24,27-28,34,38,44,52-53H,4-6,19-21,23,25,48H2,1-3H3,(H,50,57)/t27-,28-,34-,38+,44+/m1/s1. The number of rotatable bonds is 13. The summed E-state index contributed by atoms with van der Waals surface area (Å²) < 4.78 is 0. The Bertz CT molecular complexity index is 2200. The van der Waals surface area contributed by atoms with Crippen LogP contribution in [0.3, 0.4) is 0 Å². The molecule has 0 saturated heterocycles. The van der Waals surface area contributed by atoms with Crippen molar-refractivity contribution in [3.05, 3.63) is 107 Å². The number of nitrogens with one attached hydrogen (secondary N) is 1. The number of carbonyl (C=O) groups is 5. The van der Waals surface area contributed by atoms with E-state index >= 15 is 0 Å². The van der Waals surface area contributed by atoms with Crippen LogP contribution in [-0.4, -0.2) is 63.9 Å². The fourth-order valence-electron chi connectivity index (χ4n) is 7.38. The highest BCUT2D eigenvalue weighted by molar-refractivity contribution is 6.30. The fourth-order valence-corrected chi connectivity index (χ4v) is 7.50. The SMILES string of the molecule is C[C@@H]1CC(=O)[C@@H](N(C)C(=O)[C@H](CCCCN)CC(=O)c2ccc(-c3ccc(Cl)cc3)cc2)c2ccc(O)c(c2)-c2cc(ccc2O)C[C@@H](C(=O)C[C@@H](C)C#N)NC1=O. The number of phenols is 2. The van der Waals surface area contributed by atoms with Gasteiger partial charge in [0.1, 0.15) is 17.5 Å². The number of ketones is 3. The number of hydrogen-bond donors (Lipinski definition) is 4. The highest BCUT2D eigenvalue weighted by atomic mass is 35.5. The van der Waals surface area contributed by atoms with Crippen molar-refractivity contribution in [3.63, 3.8) is 0 Å². The number of fused-ring (bicyclic) bond motifs is 5. The van der Waals surface area contributed by atoms with Gasteiger partial charge in [0.2, 0.25) is 11.8 Å². The molecular formula is C46H49ClN4O7. The molecule has 0 aliphatic carbocycles. The van der Waals surface area contributed by atoms with E-state index in [-0.39, 0.29) is 59.9 Å². The van der Waals surface area contributed by atoms with Crippen LogP contribution < -0.4 is 11.1 Å². The number of nitriles is 1. The van der Waals surface area contributed by atoms with Crippen LogP contribution in [0.4, 0.5) is 0 Å². The monoisotopic (exact) mass is 804 g/mol. The Morgan fingerprint density at radius 1 is 0.897 bits per heavy atom. The summed E-state index contributed by atoms with van der Waals surface area (Å²) in [6, 6.07) is 23.2. The lowest BCUT2D eigenvalue weighted by Gasteiger charge is -2.32. The Hall–Kier alpha value is -5.83. The third-order valence-corrected chi connectivity index (χ3v) is 11.0. The molecule has 1 aliphatic heterocycles.